The summed E-state index contributed by atoms with van der Waals surface area (Å²) in [4.78, 5) is 2.51. The van der Waals surface area contributed by atoms with Crippen molar-refractivity contribution in [2.45, 2.75) is 19.3 Å². The van der Waals surface area contributed by atoms with Gasteiger partial charge in [-0.25, -0.2) is 0 Å². The van der Waals surface area contributed by atoms with Crippen molar-refractivity contribution >= 4 is 113 Å². The van der Waals surface area contributed by atoms with Crippen LogP contribution in [0.1, 0.15) is 25.0 Å². The molecule has 0 radical (unpaired) electrons. The molecule has 0 saturated heterocycles. The lowest BCUT2D eigenvalue weighted by molar-refractivity contribution is 0.660. The Morgan fingerprint density at radius 3 is 1.90 bits per heavy atom. The van der Waals surface area contributed by atoms with E-state index in [0.29, 0.717) is 0 Å². The lowest BCUT2D eigenvalue weighted by atomic mass is 9.82. The highest BCUT2D eigenvalue weighted by Crippen LogP contribution is 2.54. The molecule has 1 aliphatic carbocycles. The van der Waals surface area contributed by atoms with Gasteiger partial charge in [-0.3, -0.25) is 0 Å². The fourth-order valence-corrected chi connectivity index (χ4v) is 12.6. The summed E-state index contributed by atoms with van der Waals surface area (Å²) >= 11 is 3.74. The first-order valence-electron chi connectivity index (χ1n) is 20.3. The summed E-state index contributed by atoms with van der Waals surface area (Å²) in [5, 5.41) is 9.76. The SMILES string of the molecule is CC1(C)c2ccccc2-c2ccc(N(c3cccc4c3sc3ccccc34)c3cccc4oc5c(-c6cccc7c6sc6ccccc67)c6ccccc6cc5c34)cc21. The summed E-state index contributed by atoms with van der Waals surface area (Å²) in [6.45, 7) is 4.74. The predicted molar refractivity (Wildman–Crippen MR) is 255 cm³/mol. The molecule has 0 unspecified atom stereocenters. The number of nitrogens with zero attached hydrogens (tertiary/aromatic N) is 1. The normalized spacial score (nSPS) is 13.4. The van der Waals surface area contributed by atoms with Gasteiger partial charge in [0.2, 0.25) is 0 Å². The highest BCUT2D eigenvalue weighted by atomic mass is 32.1. The molecule has 9 aromatic carbocycles. The van der Waals surface area contributed by atoms with Crippen molar-refractivity contribution in [3.8, 4) is 22.3 Å². The molecule has 3 aromatic heterocycles. The van der Waals surface area contributed by atoms with Crippen LogP contribution in [-0.4, -0.2) is 0 Å². The van der Waals surface area contributed by atoms with Crippen molar-refractivity contribution in [1.29, 1.82) is 0 Å². The predicted octanol–water partition coefficient (Wildman–Crippen LogP) is 16.9. The number of hydrogen-bond donors (Lipinski definition) is 0. The van der Waals surface area contributed by atoms with E-state index in [1.807, 2.05) is 22.7 Å². The molecule has 0 spiro atoms. The van der Waals surface area contributed by atoms with Crippen LogP contribution in [0.25, 0.3) is 95.3 Å². The highest BCUT2D eigenvalue weighted by Gasteiger charge is 2.36. The van der Waals surface area contributed by atoms with Crippen LogP contribution in [0.15, 0.2) is 180 Å². The first kappa shape index (κ1) is 33.3. The van der Waals surface area contributed by atoms with E-state index >= 15 is 0 Å². The number of rotatable bonds is 4. The van der Waals surface area contributed by atoms with E-state index in [1.165, 1.54) is 78.9 Å². The minimum Gasteiger partial charge on any atom is -0.455 e. The van der Waals surface area contributed by atoms with Crippen molar-refractivity contribution in [3.05, 3.63) is 187 Å². The Labute approximate surface area is 348 Å². The third-order valence-corrected chi connectivity index (χ3v) is 15.3. The molecule has 1 aliphatic rings. The summed E-state index contributed by atoms with van der Waals surface area (Å²) < 4.78 is 12.3. The Hall–Kier alpha value is -6.72. The lowest BCUT2D eigenvalue weighted by Crippen LogP contribution is -2.16. The number of benzene rings is 9. The summed E-state index contributed by atoms with van der Waals surface area (Å²) in [5.41, 5.74) is 12.8. The van der Waals surface area contributed by atoms with Gasteiger partial charge < -0.3 is 9.32 Å². The van der Waals surface area contributed by atoms with Gasteiger partial charge in [0.25, 0.3) is 0 Å². The van der Waals surface area contributed by atoms with Gasteiger partial charge in [-0.05, 0) is 81.6 Å². The van der Waals surface area contributed by atoms with Gasteiger partial charge in [-0.2, -0.15) is 0 Å². The summed E-state index contributed by atoms with van der Waals surface area (Å²) in [6, 6.07) is 64.9. The molecule has 0 saturated carbocycles. The Kier molecular flexibility index (Phi) is 6.85. The van der Waals surface area contributed by atoms with Crippen molar-refractivity contribution in [1.82, 2.24) is 0 Å². The summed E-state index contributed by atoms with van der Waals surface area (Å²) in [6.07, 6.45) is 0. The largest absolute Gasteiger partial charge is 0.455 e. The number of thiophene rings is 2. The molecular formula is C55H35NOS2. The molecule has 0 fully saturated rings. The second-order valence-electron chi connectivity index (χ2n) is 16.4. The van der Waals surface area contributed by atoms with Gasteiger partial charge >= 0.3 is 0 Å². The van der Waals surface area contributed by atoms with E-state index in [2.05, 4.69) is 195 Å². The topological polar surface area (TPSA) is 16.4 Å². The molecule has 2 nitrogen and oxygen atoms in total. The lowest BCUT2D eigenvalue weighted by Gasteiger charge is -2.29. The first-order valence-corrected chi connectivity index (χ1v) is 21.9. The molecule has 13 rings (SSSR count). The van der Waals surface area contributed by atoms with E-state index in [1.54, 1.807) is 0 Å². The molecule has 278 valence electrons. The van der Waals surface area contributed by atoms with Gasteiger partial charge in [0.15, 0.2) is 0 Å². The number of anilines is 3. The van der Waals surface area contributed by atoms with Crippen LogP contribution in [0.5, 0.6) is 0 Å². The van der Waals surface area contributed by atoms with Gasteiger partial charge in [-0.1, -0.05) is 141 Å². The highest BCUT2D eigenvalue weighted by molar-refractivity contribution is 7.26. The van der Waals surface area contributed by atoms with Gasteiger partial charge in [0, 0.05) is 63.3 Å². The second-order valence-corrected chi connectivity index (χ2v) is 18.5. The van der Waals surface area contributed by atoms with E-state index in [9.17, 15) is 0 Å². The van der Waals surface area contributed by atoms with Crippen LogP contribution >= 0.6 is 22.7 Å². The van der Waals surface area contributed by atoms with Crippen LogP contribution in [0, 0.1) is 0 Å². The Balaban J connectivity index is 1.13. The quantitative estimate of drug-likeness (QED) is 0.177. The Bertz CT molecular complexity index is 3730. The molecule has 0 N–H and O–H groups in total. The number of furan rings is 1. The van der Waals surface area contributed by atoms with E-state index in [4.69, 9.17) is 4.42 Å². The third-order valence-electron chi connectivity index (χ3n) is 12.9. The molecular weight excluding hydrogens is 755 g/mol. The first-order chi connectivity index (χ1) is 29.0. The summed E-state index contributed by atoms with van der Waals surface area (Å²) in [5.74, 6) is 0. The number of fused-ring (bicyclic) bond motifs is 13. The zero-order chi connectivity index (χ0) is 39.0. The smallest absolute Gasteiger partial charge is 0.144 e. The molecule has 0 bridgehead atoms. The van der Waals surface area contributed by atoms with Gasteiger partial charge in [-0.15, -0.1) is 22.7 Å². The molecule has 4 heteroatoms. The van der Waals surface area contributed by atoms with Gasteiger partial charge in [0.1, 0.15) is 11.2 Å². The minimum atomic E-state index is -0.146. The van der Waals surface area contributed by atoms with Crippen LogP contribution in [0.4, 0.5) is 17.1 Å². The maximum atomic E-state index is 7.20. The fourth-order valence-electron chi connectivity index (χ4n) is 10.2. The summed E-state index contributed by atoms with van der Waals surface area (Å²) in [7, 11) is 0. The zero-order valence-electron chi connectivity index (χ0n) is 32.4. The van der Waals surface area contributed by atoms with Crippen molar-refractivity contribution in [2.24, 2.45) is 0 Å². The van der Waals surface area contributed by atoms with Crippen molar-refractivity contribution in [2.75, 3.05) is 4.90 Å². The minimum absolute atomic E-state index is 0.146. The van der Waals surface area contributed by atoms with E-state index in [-0.39, 0.29) is 5.41 Å². The average molecular weight is 790 g/mol. The van der Waals surface area contributed by atoms with Crippen LogP contribution < -0.4 is 4.90 Å². The molecule has 0 amide bonds. The molecule has 59 heavy (non-hydrogen) atoms. The van der Waals surface area contributed by atoms with Crippen molar-refractivity contribution < 1.29 is 4.42 Å². The van der Waals surface area contributed by atoms with E-state index in [0.717, 1.165) is 44.6 Å². The van der Waals surface area contributed by atoms with Crippen LogP contribution in [-0.2, 0) is 5.41 Å². The van der Waals surface area contributed by atoms with Gasteiger partial charge in [0.05, 0.1) is 21.5 Å². The second kappa shape index (κ2) is 12.2. The van der Waals surface area contributed by atoms with Crippen LogP contribution in [0.3, 0.4) is 0 Å². The Morgan fingerprint density at radius 1 is 0.458 bits per heavy atom. The van der Waals surface area contributed by atoms with Crippen molar-refractivity contribution in [3.63, 3.8) is 0 Å². The standard InChI is InChI=1S/C55H35NOS2/c1-55(2)43-22-8-5-16-35(43)36-29-28-33(31-44(36)55)56(46-24-12-20-40-38-18-7-10-27-49(38)59-54(40)46)45-23-13-25-47-51(45)42-30-32-14-3-4-15-34(32)50(52(42)57-47)41-21-11-19-39-37-17-6-9-26-48(37)58-53(39)41/h3-31H,1-2H3. The number of hydrogen-bond acceptors (Lipinski definition) is 4. The van der Waals surface area contributed by atoms with E-state index < -0.39 is 0 Å². The fraction of sp³-hybridized carbons (Fsp3) is 0.0545. The average Bonchev–Trinajstić information content (AvgIpc) is 4.02. The Morgan fingerprint density at radius 2 is 1.07 bits per heavy atom. The molecule has 12 aromatic rings. The monoisotopic (exact) mass is 789 g/mol. The maximum Gasteiger partial charge on any atom is 0.144 e. The molecule has 0 aliphatic heterocycles. The molecule has 3 heterocycles. The van der Waals surface area contributed by atoms with Crippen LogP contribution in [0.2, 0.25) is 0 Å². The third kappa shape index (κ3) is 4.61. The maximum absolute atomic E-state index is 7.20. The molecule has 0 atom stereocenters. The zero-order valence-corrected chi connectivity index (χ0v) is 34.0.